The molecule has 3 nitrogen and oxygen atoms in total. The second kappa shape index (κ2) is 9.99. The van der Waals surface area contributed by atoms with Crippen molar-refractivity contribution in [2.75, 3.05) is 21.3 Å². The first kappa shape index (κ1) is 23.7. The van der Waals surface area contributed by atoms with E-state index in [0.29, 0.717) is 0 Å². The van der Waals surface area contributed by atoms with Gasteiger partial charge in [0.25, 0.3) is 0 Å². The molecule has 0 amide bonds. The van der Waals surface area contributed by atoms with Crippen LogP contribution in [0.3, 0.4) is 0 Å². The number of fused-ring (bicyclic) bond motifs is 3. The molecular formula is C33H27O3Sb. The molecular weight excluding hydrogens is 566 g/mol. The Labute approximate surface area is 224 Å². The van der Waals surface area contributed by atoms with Crippen LogP contribution in [0.4, 0.5) is 0 Å². The predicted octanol–water partition coefficient (Wildman–Crippen LogP) is 5.69. The molecule has 0 saturated heterocycles. The average molecular weight is 593 g/mol. The van der Waals surface area contributed by atoms with E-state index in [1.807, 2.05) is 18.2 Å². The Hall–Kier alpha value is -3.68. The molecule has 37 heavy (non-hydrogen) atoms. The summed E-state index contributed by atoms with van der Waals surface area (Å²) in [4.78, 5) is 0. The van der Waals surface area contributed by atoms with E-state index in [1.165, 1.54) is 42.8 Å². The fourth-order valence-electron chi connectivity index (χ4n) is 4.88. The van der Waals surface area contributed by atoms with Crippen LogP contribution in [0.2, 0.25) is 0 Å². The second-order valence-electron chi connectivity index (χ2n) is 9.03. The Balaban J connectivity index is 1.53. The van der Waals surface area contributed by atoms with Gasteiger partial charge in [-0.2, -0.15) is 0 Å². The van der Waals surface area contributed by atoms with Gasteiger partial charge in [0, 0.05) is 0 Å². The molecule has 0 bridgehead atoms. The Bertz CT molecular complexity index is 1550. The van der Waals surface area contributed by atoms with E-state index in [4.69, 9.17) is 14.2 Å². The number of benzene rings is 6. The molecule has 0 heterocycles. The molecule has 0 aromatic heterocycles. The number of rotatable bonds is 6. The molecule has 4 heteroatoms. The van der Waals surface area contributed by atoms with Crippen molar-refractivity contribution < 1.29 is 14.2 Å². The topological polar surface area (TPSA) is 27.7 Å². The van der Waals surface area contributed by atoms with Crippen LogP contribution in [0.1, 0.15) is 0 Å². The summed E-state index contributed by atoms with van der Waals surface area (Å²) in [5, 5.41) is 7.30. The Morgan fingerprint density at radius 2 is 0.622 bits per heavy atom. The van der Waals surface area contributed by atoms with Gasteiger partial charge in [0.15, 0.2) is 0 Å². The minimum absolute atomic E-state index is 0.882. The van der Waals surface area contributed by atoms with Crippen molar-refractivity contribution in [3.63, 3.8) is 0 Å². The van der Waals surface area contributed by atoms with Gasteiger partial charge < -0.3 is 0 Å². The maximum atomic E-state index is 5.45. The normalized spacial score (nSPS) is 11.4. The summed E-state index contributed by atoms with van der Waals surface area (Å²) >= 11 is -2.38. The predicted molar refractivity (Wildman–Crippen MR) is 156 cm³/mol. The van der Waals surface area contributed by atoms with E-state index < -0.39 is 20.2 Å². The summed E-state index contributed by atoms with van der Waals surface area (Å²) in [6, 6.07) is 39.8. The third-order valence-electron chi connectivity index (χ3n) is 6.87. The van der Waals surface area contributed by atoms with E-state index in [2.05, 4.69) is 91.0 Å². The fourth-order valence-corrected chi connectivity index (χ4v) is 11.6. The van der Waals surface area contributed by atoms with Crippen molar-refractivity contribution in [3.05, 3.63) is 109 Å². The van der Waals surface area contributed by atoms with Crippen LogP contribution >= 0.6 is 0 Å². The van der Waals surface area contributed by atoms with Crippen molar-refractivity contribution in [2.45, 2.75) is 0 Å². The van der Waals surface area contributed by atoms with Crippen molar-refractivity contribution in [1.82, 2.24) is 0 Å². The van der Waals surface area contributed by atoms with E-state index in [1.54, 1.807) is 21.3 Å². The van der Waals surface area contributed by atoms with E-state index >= 15 is 0 Å². The van der Waals surface area contributed by atoms with E-state index in [-0.39, 0.29) is 0 Å². The molecule has 6 rings (SSSR count). The first-order valence-corrected chi connectivity index (χ1v) is 16.0. The Morgan fingerprint density at radius 3 is 0.919 bits per heavy atom. The fraction of sp³-hybridized carbons (Fsp3) is 0.0909. The van der Waals surface area contributed by atoms with Crippen LogP contribution in [0.5, 0.6) is 17.2 Å². The van der Waals surface area contributed by atoms with Gasteiger partial charge >= 0.3 is 225 Å². The monoisotopic (exact) mass is 592 g/mol. The van der Waals surface area contributed by atoms with E-state index in [0.717, 1.165) is 17.2 Å². The standard InChI is InChI=1S/3C11H9O.Sb/c3*1-12-11-7-6-9-4-2-3-5-10(9)8-11;/h3*3-8H,1H3;. The summed E-state index contributed by atoms with van der Waals surface area (Å²) < 4.78 is 20.6. The van der Waals surface area contributed by atoms with Crippen LogP contribution < -0.4 is 24.7 Å². The van der Waals surface area contributed by atoms with Crippen molar-refractivity contribution in [1.29, 1.82) is 0 Å². The molecule has 0 atom stereocenters. The zero-order chi connectivity index (χ0) is 25.4. The van der Waals surface area contributed by atoms with Gasteiger partial charge in [-0.3, -0.25) is 0 Å². The van der Waals surface area contributed by atoms with Crippen LogP contribution in [0.25, 0.3) is 32.3 Å². The molecule has 0 N–H and O–H groups in total. The van der Waals surface area contributed by atoms with Gasteiger partial charge in [-0.15, -0.1) is 0 Å². The quantitative estimate of drug-likeness (QED) is 0.233. The number of methoxy groups -OCH3 is 3. The molecule has 182 valence electrons. The average Bonchev–Trinajstić information content (AvgIpc) is 2.96. The van der Waals surface area contributed by atoms with Crippen LogP contribution in [0.15, 0.2) is 109 Å². The zero-order valence-corrected chi connectivity index (χ0v) is 23.6. The molecule has 0 aliphatic carbocycles. The summed E-state index contributed by atoms with van der Waals surface area (Å²) in [6.45, 7) is 0. The Morgan fingerprint density at radius 1 is 0.351 bits per heavy atom. The van der Waals surface area contributed by atoms with Crippen molar-refractivity contribution in [3.8, 4) is 17.2 Å². The molecule has 0 unspecified atom stereocenters. The van der Waals surface area contributed by atoms with Crippen LogP contribution in [-0.4, -0.2) is 41.5 Å². The number of hydrogen-bond acceptors (Lipinski definition) is 3. The molecule has 0 radical (unpaired) electrons. The Kier molecular flexibility index (Phi) is 6.40. The van der Waals surface area contributed by atoms with Crippen molar-refractivity contribution in [2.24, 2.45) is 0 Å². The summed E-state index contributed by atoms with van der Waals surface area (Å²) in [5.41, 5.74) is 0. The molecule has 0 saturated carbocycles. The molecule has 0 aliphatic heterocycles. The summed E-state index contributed by atoms with van der Waals surface area (Å²) in [6.07, 6.45) is 0. The van der Waals surface area contributed by atoms with Gasteiger partial charge in [-0.1, -0.05) is 0 Å². The minimum atomic E-state index is -2.38. The molecule has 0 aliphatic rings. The first-order chi connectivity index (χ1) is 18.1. The molecule has 0 spiro atoms. The third-order valence-corrected chi connectivity index (χ3v) is 13.7. The van der Waals surface area contributed by atoms with Gasteiger partial charge in [0.2, 0.25) is 0 Å². The summed E-state index contributed by atoms with van der Waals surface area (Å²) in [7, 11) is 5.14. The SMILES string of the molecule is COc1ccc2c[c]([Sb]([c]3ccc4cc(OC)ccc4c3)[c]3ccc4cc(OC)ccc4c3)ccc2c1. The molecule has 6 aromatic carbocycles. The first-order valence-electron chi connectivity index (χ1n) is 12.2. The molecule has 6 aromatic rings. The zero-order valence-electron chi connectivity index (χ0n) is 21.1. The van der Waals surface area contributed by atoms with Gasteiger partial charge in [-0.05, 0) is 0 Å². The number of ether oxygens (including phenoxy) is 3. The maximum absolute atomic E-state index is 5.45. The van der Waals surface area contributed by atoms with Gasteiger partial charge in [-0.25, -0.2) is 0 Å². The van der Waals surface area contributed by atoms with Crippen molar-refractivity contribution >= 4 is 63.1 Å². The van der Waals surface area contributed by atoms with Crippen LogP contribution in [0, 0.1) is 0 Å². The summed E-state index contributed by atoms with van der Waals surface area (Å²) in [5.74, 6) is 2.65. The molecule has 0 fully saturated rings. The second-order valence-corrected chi connectivity index (χ2v) is 15.4. The van der Waals surface area contributed by atoms with Crippen LogP contribution in [-0.2, 0) is 0 Å². The van der Waals surface area contributed by atoms with Gasteiger partial charge in [0.05, 0.1) is 0 Å². The number of hydrogen-bond donors (Lipinski definition) is 0. The van der Waals surface area contributed by atoms with E-state index in [9.17, 15) is 0 Å². The third kappa shape index (κ3) is 4.60. The van der Waals surface area contributed by atoms with Gasteiger partial charge in [0.1, 0.15) is 0 Å².